The summed E-state index contributed by atoms with van der Waals surface area (Å²) in [6.07, 6.45) is 7.91. The maximum absolute atomic E-state index is 12.3. The van der Waals surface area contributed by atoms with E-state index in [1.165, 1.54) is 19.3 Å². The molecule has 2 aromatic rings. The molecule has 1 amide bonds. The fraction of sp³-hybridized carbons (Fsp3) is 0.529. The van der Waals surface area contributed by atoms with Crippen LogP contribution in [0.3, 0.4) is 0 Å². The minimum absolute atomic E-state index is 0.153. The number of rotatable bonds is 4. The predicted octanol–water partition coefficient (Wildman–Crippen LogP) is 3.19. The third-order valence-electron chi connectivity index (χ3n) is 4.77. The van der Waals surface area contributed by atoms with Gasteiger partial charge in [-0.05, 0) is 60.4 Å². The summed E-state index contributed by atoms with van der Waals surface area (Å²) in [4.78, 5) is 12.3. The minimum Gasteiger partial charge on any atom is -0.326 e. The van der Waals surface area contributed by atoms with Crippen LogP contribution in [-0.4, -0.2) is 26.1 Å². The average Bonchev–Trinajstić information content (AvgIpc) is 3.33. The highest BCUT2D eigenvalue weighted by atomic mass is 16.1. The molecule has 120 valence electrons. The maximum atomic E-state index is 12.3. The Morgan fingerprint density at radius 1 is 1.04 bits per heavy atom. The summed E-state index contributed by atoms with van der Waals surface area (Å²) < 4.78 is 1.90. The predicted molar refractivity (Wildman–Crippen MR) is 86.7 cm³/mol. The molecule has 6 heteroatoms. The van der Waals surface area contributed by atoms with Crippen molar-refractivity contribution in [1.82, 2.24) is 20.2 Å². The fourth-order valence-corrected chi connectivity index (χ4v) is 3.26. The molecule has 4 rings (SSSR count). The lowest BCUT2D eigenvalue weighted by molar-refractivity contribution is -0.120. The molecule has 0 radical (unpaired) electrons. The molecule has 0 spiro atoms. The van der Waals surface area contributed by atoms with Crippen LogP contribution < -0.4 is 5.32 Å². The molecule has 2 aliphatic carbocycles. The van der Waals surface area contributed by atoms with Crippen LogP contribution in [0.2, 0.25) is 0 Å². The van der Waals surface area contributed by atoms with Crippen molar-refractivity contribution >= 4 is 11.6 Å². The molecule has 1 N–H and O–H groups in total. The molecule has 1 aromatic heterocycles. The zero-order valence-corrected chi connectivity index (χ0v) is 13.1. The lowest BCUT2D eigenvalue weighted by Crippen LogP contribution is -2.24. The van der Waals surface area contributed by atoms with Gasteiger partial charge in [0.1, 0.15) is 0 Å². The number of carbonyl (C=O) groups excluding carboxylic acids is 1. The summed E-state index contributed by atoms with van der Waals surface area (Å²) in [7, 11) is 0. The van der Waals surface area contributed by atoms with Gasteiger partial charge in [0, 0.05) is 17.2 Å². The Labute approximate surface area is 135 Å². The van der Waals surface area contributed by atoms with Gasteiger partial charge in [-0.3, -0.25) is 4.79 Å². The molecule has 1 heterocycles. The number of benzene rings is 1. The highest BCUT2D eigenvalue weighted by molar-refractivity contribution is 5.92. The molecule has 0 aliphatic heterocycles. The fourth-order valence-electron chi connectivity index (χ4n) is 3.26. The lowest BCUT2D eigenvalue weighted by Gasteiger charge is -2.20. The van der Waals surface area contributed by atoms with Gasteiger partial charge in [0.15, 0.2) is 5.82 Å². The van der Waals surface area contributed by atoms with Gasteiger partial charge in [-0.25, -0.2) is 4.68 Å². The molecular weight excluding hydrogens is 290 g/mol. The summed E-state index contributed by atoms with van der Waals surface area (Å²) in [5.74, 6) is 1.13. The summed E-state index contributed by atoms with van der Waals surface area (Å²) in [6, 6.07) is 8.26. The van der Waals surface area contributed by atoms with E-state index in [1.807, 2.05) is 28.9 Å². The van der Waals surface area contributed by atoms with Crippen molar-refractivity contribution in [3.63, 3.8) is 0 Å². The normalized spacial score (nSPS) is 18.8. The van der Waals surface area contributed by atoms with Gasteiger partial charge >= 0.3 is 0 Å². The number of anilines is 1. The van der Waals surface area contributed by atoms with Crippen LogP contribution in [0.1, 0.15) is 51.0 Å². The first-order chi connectivity index (χ1) is 11.3. The van der Waals surface area contributed by atoms with Crippen LogP contribution in [0, 0.1) is 5.92 Å². The van der Waals surface area contributed by atoms with Gasteiger partial charge in [0.05, 0.1) is 6.04 Å². The second-order valence-corrected chi connectivity index (χ2v) is 6.58. The second kappa shape index (κ2) is 6.10. The average molecular weight is 311 g/mol. The summed E-state index contributed by atoms with van der Waals surface area (Å²) in [6.45, 7) is 0. The number of aromatic nitrogens is 4. The zero-order valence-electron chi connectivity index (χ0n) is 13.1. The van der Waals surface area contributed by atoms with Crippen LogP contribution in [-0.2, 0) is 4.79 Å². The molecular formula is C17H21N5O. The van der Waals surface area contributed by atoms with Crippen molar-refractivity contribution in [3.8, 4) is 11.4 Å². The van der Waals surface area contributed by atoms with E-state index in [-0.39, 0.29) is 11.8 Å². The van der Waals surface area contributed by atoms with E-state index in [2.05, 4.69) is 20.8 Å². The highest BCUT2D eigenvalue weighted by Gasteiger charge is 2.28. The van der Waals surface area contributed by atoms with Gasteiger partial charge in [-0.15, -0.1) is 5.10 Å². The van der Waals surface area contributed by atoms with Crippen molar-refractivity contribution in [2.45, 2.75) is 51.0 Å². The van der Waals surface area contributed by atoms with Crippen molar-refractivity contribution in [2.24, 2.45) is 5.92 Å². The van der Waals surface area contributed by atoms with Crippen molar-refractivity contribution in [3.05, 3.63) is 24.3 Å². The monoisotopic (exact) mass is 311 g/mol. The number of hydrogen-bond acceptors (Lipinski definition) is 4. The summed E-state index contributed by atoms with van der Waals surface area (Å²) in [5, 5.41) is 15.0. The first-order valence-electron chi connectivity index (χ1n) is 8.50. The quantitative estimate of drug-likeness (QED) is 0.941. The van der Waals surface area contributed by atoms with E-state index in [0.29, 0.717) is 6.04 Å². The largest absolute Gasteiger partial charge is 0.326 e. The SMILES string of the molecule is O=C(Nc1ccc(-c2nnnn2C2CC2)cc1)C1CCCCC1. The van der Waals surface area contributed by atoms with Crippen LogP contribution >= 0.6 is 0 Å². The highest BCUT2D eigenvalue weighted by Crippen LogP contribution is 2.36. The molecule has 2 aliphatic rings. The van der Waals surface area contributed by atoms with E-state index in [0.717, 1.165) is 42.8 Å². The second-order valence-electron chi connectivity index (χ2n) is 6.58. The molecule has 0 unspecified atom stereocenters. The Hall–Kier alpha value is -2.24. The molecule has 0 atom stereocenters. The van der Waals surface area contributed by atoms with Gasteiger partial charge in [-0.1, -0.05) is 19.3 Å². The molecule has 0 bridgehead atoms. The Bertz CT molecular complexity index is 683. The molecule has 0 saturated heterocycles. The number of tetrazole rings is 1. The third-order valence-corrected chi connectivity index (χ3v) is 4.77. The Morgan fingerprint density at radius 2 is 1.78 bits per heavy atom. The number of carbonyl (C=O) groups is 1. The number of nitrogens with zero attached hydrogens (tertiary/aromatic N) is 4. The van der Waals surface area contributed by atoms with Crippen molar-refractivity contribution in [1.29, 1.82) is 0 Å². The summed E-state index contributed by atoms with van der Waals surface area (Å²) >= 11 is 0. The zero-order chi connectivity index (χ0) is 15.6. The summed E-state index contributed by atoms with van der Waals surface area (Å²) in [5.41, 5.74) is 1.83. The van der Waals surface area contributed by atoms with Gasteiger partial charge in [-0.2, -0.15) is 0 Å². The van der Waals surface area contributed by atoms with Gasteiger partial charge in [0.25, 0.3) is 0 Å². The van der Waals surface area contributed by atoms with E-state index in [4.69, 9.17) is 0 Å². The minimum atomic E-state index is 0.153. The van der Waals surface area contributed by atoms with E-state index in [1.54, 1.807) is 0 Å². The van der Waals surface area contributed by atoms with Crippen LogP contribution in [0.5, 0.6) is 0 Å². The number of hydrogen-bond donors (Lipinski definition) is 1. The smallest absolute Gasteiger partial charge is 0.227 e. The maximum Gasteiger partial charge on any atom is 0.227 e. The first-order valence-corrected chi connectivity index (χ1v) is 8.50. The van der Waals surface area contributed by atoms with Crippen molar-refractivity contribution in [2.75, 3.05) is 5.32 Å². The van der Waals surface area contributed by atoms with E-state index in [9.17, 15) is 4.79 Å². The Balaban J connectivity index is 1.45. The molecule has 23 heavy (non-hydrogen) atoms. The number of nitrogens with one attached hydrogen (secondary N) is 1. The Morgan fingerprint density at radius 3 is 2.48 bits per heavy atom. The van der Waals surface area contributed by atoms with Crippen LogP contribution in [0.4, 0.5) is 5.69 Å². The van der Waals surface area contributed by atoms with E-state index >= 15 is 0 Å². The Kier molecular flexibility index (Phi) is 3.81. The third kappa shape index (κ3) is 3.11. The lowest BCUT2D eigenvalue weighted by atomic mass is 9.88. The molecule has 1 aromatic carbocycles. The van der Waals surface area contributed by atoms with Crippen molar-refractivity contribution < 1.29 is 4.79 Å². The first kappa shape index (κ1) is 14.4. The van der Waals surface area contributed by atoms with Crippen LogP contribution in [0.25, 0.3) is 11.4 Å². The number of amides is 1. The topological polar surface area (TPSA) is 72.7 Å². The molecule has 2 fully saturated rings. The van der Waals surface area contributed by atoms with E-state index < -0.39 is 0 Å². The standard InChI is InChI=1S/C17H21N5O/c23-17(13-4-2-1-3-5-13)18-14-8-6-12(7-9-14)16-19-20-21-22(16)15-10-11-15/h6-9,13,15H,1-5,10-11H2,(H,18,23). The van der Waals surface area contributed by atoms with Crippen LogP contribution in [0.15, 0.2) is 24.3 Å². The van der Waals surface area contributed by atoms with Gasteiger partial charge < -0.3 is 5.32 Å². The molecule has 2 saturated carbocycles. The molecule has 6 nitrogen and oxygen atoms in total. The van der Waals surface area contributed by atoms with Gasteiger partial charge in [0.2, 0.25) is 5.91 Å².